The van der Waals surface area contributed by atoms with E-state index in [4.69, 9.17) is 26.1 Å². The summed E-state index contributed by atoms with van der Waals surface area (Å²) in [4.78, 5) is 36.0. The third-order valence-corrected chi connectivity index (χ3v) is 6.80. The Bertz CT molecular complexity index is 1330. The number of amides is 1. The predicted molar refractivity (Wildman–Crippen MR) is 140 cm³/mol. The van der Waals surface area contributed by atoms with Crippen molar-refractivity contribution in [3.05, 3.63) is 51.0 Å². The largest absolute Gasteiger partial charge is 0.495 e. The monoisotopic (exact) mass is 513 g/mol. The van der Waals surface area contributed by atoms with Crippen molar-refractivity contribution in [1.29, 1.82) is 0 Å². The molecule has 3 aromatic rings. The van der Waals surface area contributed by atoms with Crippen LogP contribution in [0.25, 0.3) is 10.9 Å². The number of aryl methyl sites for hydroxylation is 1. The topological polar surface area (TPSA) is 98.6 Å². The third kappa shape index (κ3) is 5.41. The van der Waals surface area contributed by atoms with Crippen molar-refractivity contribution >= 4 is 34.4 Å². The average Bonchev–Trinajstić information content (AvgIpc) is 2.85. The first-order valence-electron chi connectivity index (χ1n) is 12.0. The summed E-state index contributed by atoms with van der Waals surface area (Å²) >= 11 is 6.51. The molecule has 10 heteroatoms. The van der Waals surface area contributed by atoms with Crippen molar-refractivity contribution in [2.75, 3.05) is 38.8 Å². The van der Waals surface area contributed by atoms with Gasteiger partial charge >= 0.3 is 0 Å². The number of nitrogens with zero attached hydrogens (tertiary/aromatic N) is 4. The second-order valence-corrected chi connectivity index (χ2v) is 9.97. The fraction of sp³-hybridized carbons (Fsp3) is 0.462. The standard InChI is InChI=1S/C26H32ClN5O4/c1-15-6-16(2)13-32(12-15)26-29-11-19(27)20(30-26)8-17-7-18-10-22(36-14-23(33)28-3)25(34)31(4)24(18)21(9-17)35-5/h7,9-11,15-16H,6,8,12-14H2,1-5H3,(H,28,33)/t15-,16+. The second-order valence-electron chi connectivity index (χ2n) is 9.56. The molecular formula is C26H32ClN5O4. The first-order valence-corrected chi connectivity index (χ1v) is 12.4. The molecule has 1 fully saturated rings. The number of hydrogen-bond acceptors (Lipinski definition) is 7. The van der Waals surface area contributed by atoms with Gasteiger partial charge in [0.05, 0.1) is 29.5 Å². The molecule has 0 unspecified atom stereocenters. The van der Waals surface area contributed by atoms with Crippen molar-refractivity contribution in [2.45, 2.75) is 26.7 Å². The number of likely N-dealkylation sites (N-methyl/N-ethyl adjacent to an activating group) is 1. The number of carbonyl (C=O) groups is 1. The van der Waals surface area contributed by atoms with E-state index >= 15 is 0 Å². The highest BCUT2D eigenvalue weighted by Crippen LogP contribution is 2.31. The highest BCUT2D eigenvalue weighted by atomic mass is 35.5. The number of pyridine rings is 1. The Morgan fingerprint density at radius 3 is 2.58 bits per heavy atom. The number of rotatable bonds is 7. The molecule has 0 spiro atoms. The van der Waals surface area contributed by atoms with Gasteiger partial charge in [-0.15, -0.1) is 0 Å². The maximum absolute atomic E-state index is 12.8. The van der Waals surface area contributed by atoms with Gasteiger partial charge in [0.25, 0.3) is 11.5 Å². The van der Waals surface area contributed by atoms with Gasteiger partial charge in [0.15, 0.2) is 12.4 Å². The van der Waals surface area contributed by atoms with Gasteiger partial charge in [0, 0.05) is 39.0 Å². The van der Waals surface area contributed by atoms with Crippen molar-refractivity contribution in [3.8, 4) is 11.5 Å². The Balaban J connectivity index is 1.70. The number of piperidine rings is 1. The summed E-state index contributed by atoms with van der Waals surface area (Å²) in [5, 5.41) is 3.71. The number of methoxy groups -OCH3 is 1. The molecule has 1 N–H and O–H groups in total. The zero-order valence-electron chi connectivity index (χ0n) is 21.3. The summed E-state index contributed by atoms with van der Waals surface area (Å²) in [5.41, 5.74) is 1.90. The van der Waals surface area contributed by atoms with Gasteiger partial charge in [-0.25, -0.2) is 9.97 Å². The fourth-order valence-corrected chi connectivity index (χ4v) is 5.05. The molecule has 1 aromatic carbocycles. The molecule has 192 valence electrons. The second kappa shape index (κ2) is 10.7. The lowest BCUT2D eigenvalue weighted by atomic mass is 9.92. The maximum Gasteiger partial charge on any atom is 0.293 e. The lowest BCUT2D eigenvalue weighted by Crippen LogP contribution is -2.39. The number of hydrogen-bond donors (Lipinski definition) is 1. The summed E-state index contributed by atoms with van der Waals surface area (Å²) in [6, 6.07) is 5.47. The first-order chi connectivity index (χ1) is 17.2. The van der Waals surface area contributed by atoms with Crippen LogP contribution < -0.4 is 25.2 Å². The number of halogens is 1. The summed E-state index contributed by atoms with van der Waals surface area (Å²) in [6.45, 7) is 6.09. The quantitative estimate of drug-likeness (QED) is 0.518. The van der Waals surface area contributed by atoms with Gasteiger partial charge in [0.1, 0.15) is 5.75 Å². The number of benzene rings is 1. The molecule has 2 atom stereocenters. The van der Waals surface area contributed by atoms with Crippen LogP contribution in [0.3, 0.4) is 0 Å². The molecule has 0 aliphatic carbocycles. The Morgan fingerprint density at radius 2 is 1.92 bits per heavy atom. The Morgan fingerprint density at radius 1 is 1.19 bits per heavy atom. The van der Waals surface area contributed by atoms with Crippen LogP contribution in [0.4, 0.5) is 5.95 Å². The first kappa shape index (κ1) is 25.8. The minimum atomic E-state index is -0.356. The molecule has 2 aromatic heterocycles. The average molecular weight is 514 g/mol. The van der Waals surface area contributed by atoms with Crippen LogP contribution in [-0.2, 0) is 18.3 Å². The Labute approximate surface area is 215 Å². The summed E-state index contributed by atoms with van der Waals surface area (Å²) < 4.78 is 12.6. The number of carbonyl (C=O) groups excluding carboxylic acids is 1. The van der Waals surface area contributed by atoms with E-state index in [9.17, 15) is 9.59 Å². The normalized spacial score (nSPS) is 17.8. The number of fused-ring (bicyclic) bond motifs is 1. The van der Waals surface area contributed by atoms with Crippen LogP contribution in [0, 0.1) is 11.8 Å². The van der Waals surface area contributed by atoms with Gasteiger partial charge in [-0.05, 0) is 42.0 Å². The van der Waals surface area contributed by atoms with Crippen molar-refractivity contribution in [1.82, 2.24) is 19.9 Å². The number of aromatic nitrogens is 3. The highest BCUT2D eigenvalue weighted by Gasteiger charge is 2.24. The van der Waals surface area contributed by atoms with E-state index in [1.807, 2.05) is 12.1 Å². The minimum absolute atomic E-state index is 0.0866. The SMILES string of the molecule is CNC(=O)COc1cc2cc(Cc3nc(N4C[C@H](C)C[C@H](C)C4)ncc3Cl)cc(OC)c2n(C)c1=O. The van der Waals surface area contributed by atoms with Gasteiger partial charge in [-0.1, -0.05) is 25.4 Å². The zero-order valence-corrected chi connectivity index (χ0v) is 22.1. The van der Waals surface area contributed by atoms with Crippen LogP contribution in [0.1, 0.15) is 31.5 Å². The van der Waals surface area contributed by atoms with E-state index in [0.29, 0.717) is 40.5 Å². The van der Waals surface area contributed by atoms with Gasteiger partial charge in [-0.3, -0.25) is 9.59 Å². The number of anilines is 1. The molecule has 4 rings (SSSR count). The Hall–Kier alpha value is -3.33. The number of nitrogens with one attached hydrogen (secondary N) is 1. The molecule has 1 aliphatic heterocycles. The number of ether oxygens (including phenoxy) is 2. The van der Waals surface area contributed by atoms with E-state index in [1.165, 1.54) is 18.0 Å². The lowest BCUT2D eigenvalue weighted by Gasteiger charge is -2.35. The van der Waals surface area contributed by atoms with Gasteiger partial charge < -0.3 is 24.3 Å². The molecule has 1 saturated heterocycles. The minimum Gasteiger partial charge on any atom is -0.495 e. The highest BCUT2D eigenvalue weighted by molar-refractivity contribution is 6.31. The van der Waals surface area contributed by atoms with Gasteiger partial charge in [0.2, 0.25) is 5.95 Å². The van der Waals surface area contributed by atoms with Crippen molar-refractivity contribution < 1.29 is 14.3 Å². The lowest BCUT2D eigenvalue weighted by molar-refractivity contribution is -0.122. The Kier molecular flexibility index (Phi) is 7.68. The smallest absolute Gasteiger partial charge is 0.293 e. The van der Waals surface area contributed by atoms with Crippen molar-refractivity contribution in [2.24, 2.45) is 18.9 Å². The zero-order chi connectivity index (χ0) is 26.0. The molecule has 3 heterocycles. The van der Waals surface area contributed by atoms with Crippen molar-refractivity contribution in [3.63, 3.8) is 0 Å². The third-order valence-electron chi connectivity index (χ3n) is 6.49. The summed E-state index contributed by atoms with van der Waals surface area (Å²) in [6.07, 6.45) is 3.32. The van der Waals surface area contributed by atoms with E-state index in [1.54, 1.807) is 26.4 Å². The molecular weight excluding hydrogens is 482 g/mol. The molecule has 36 heavy (non-hydrogen) atoms. The van der Waals surface area contributed by atoms with E-state index in [0.717, 1.165) is 29.7 Å². The summed E-state index contributed by atoms with van der Waals surface area (Å²) in [7, 11) is 4.72. The molecule has 1 aliphatic rings. The van der Waals surface area contributed by atoms with Crippen LogP contribution in [0.15, 0.2) is 29.2 Å². The maximum atomic E-state index is 12.8. The van der Waals surface area contributed by atoms with E-state index < -0.39 is 0 Å². The van der Waals surface area contributed by atoms with Crippen LogP contribution in [-0.4, -0.2) is 54.3 Å². The summed E-state index contributed by atoms with van der Waals surface area (Å²) in [5.74, 6) is 2.15. The van der Waals surface area contributed by atoms with Crippen LogP contribution in [0.5, 0.6) is 11.5 Å². The van der Waals surface area contributed by atoms with Gasteiger partial charge in [-0.2, -0.15) is 0 Å². The molecule has 0 radical (unpaired) electrons. The van der Waals surface area contributed by atoms with Crippen LogP contribution in [0.2, 0.25) is 5.02 Å². The van der Waals surface area contributed by atoms with Crippen LogP contribution >= 0.6 is 11.6 Å². The molecule has 1 amide bonds. The van der Waals surface area contributed by atoms with E-state index in [-0.39, 0.29) is 23.8 Å². The predicted octanol–water partition coefficient (Wildman–Crippen LogP) is 3.19. The molecule has 0 bridgehead atoms. The van der Waals surface area contributed by atoms with E-state index in [2.05, 4.69) is 29.0 Å². The molecule has 0 saturated carbocycles. The fourth-order valence-electron chi connectivity index (χ4n) is 4.89. The molecule has 9 nitrogen and oxygen atoms in total.